The Bertz CT molecular complexity index is 558. The second kappa shape index (κ2) is 3.31. The molecule has 3 aliphatic rings. The molecule has 2 saturated carbocycles. The van der Waals surface area contributed by atoms with Crippen LogP contribution in [0.15, 0.2) is 24.3 Å². The molecule has 0 radical (unpaired) electrons. The summed E-state index contributed by atoms with van der Waals surface area (Å²) >= 11 is 6.05. The molecule has 0 aromatic heterocycles. The van der Waals surface area contributed by atoms with Gasteiger partial charge in [0.15, 0.2) is 0 Å². The lowest BCUT2D eigenvalue weighted by Gasteiger charge is -2.37. The van der Waals surface area contributed by atoms with Crippen LogP contribution in [0, 0.1) is 22.2 Å². The van der Waals surface area contributed by atoms with Crippen LogP contribution in [0.2, 0.25) is 0 Å². The molecule has 2 bridgehead atoms. The van der Waals surface area contributed by atoms with Gasteiger partial charge in [-0.2, -0.15) is 0 Å². The first-order valence-electron chi connectivity index (χ1n) is 7.53. The average molecular weight is 270 g/mol. The number of benzene rings is 1. The maximum Gasteiger partial charge on any atom is 0.0137 e. The van der Waals surface area contributed by atoms with Crippen molar-refractivity contribution in [1.29, 1.82) is 0 Å². The molecule has 0 nitrogen and oxygen atoms in total. The SMILES string of the molecule is CC1(C)[C@@H]2CC[C@@]1(C)C(=S)C21Cc2ccccc2C1. The highest BCUT2D eigenvalue weighted by Gasteiger charge is 2.70. The van der Waals surface area contributed by atoms with Gasteiger partial charge in [0.2, 0.25) is 0 Å². The Balaban J connectivity index is 1.86. The second-order valence-corrected chi connectivity index (χ2v) is 8.16. The first-order valence-corrected chi connectivity index (χ1v) is 7.94. The van der Waals surface area contributed by atoms with E-state index in [1.165, 1.54) is 30.5 Å². The molecule has 1 aromatic rings. The molecule has 2 fully saturated rings. The summed E-state index contributed by atoms with van der Waals surface area (Å²) in [6, 6.07) is 8.99. The molecule has 19 heavy (non-hydrogen) atoms. The van der Waals surface area contributed by atoms with E-state index in [-0.39, 0.29) is 5.41 Å². The Morgan fingerprint density at radius 3 is 2.11 bits per heavy atom. The van der Waals surface area contributed by atoms with Gasteiger partial charge in [-0.25, -0.2) is 0 Å². The lowest BCUT2D eigenvalue weighted by molar-refractivity contribution is 0.142. The molecule has 0 aliphatic heterocycles. The first kappa shape index (κ1) is 12.1. The van der Waals surface area contributed by atoms with Gasteiger partial charge in [0.1, 0.15) is 0 Å². The molecule has 2 atom stereocenters. The van der Waals surface area contributed by atoms with Crippen LogP contribution in [0.1, 0.15) is 44.7 Å². The summed E-state index contributed by atoms with van der Waals surface area (Å²) in [4.78, 5) is 1.40. The molecule has 0 saturated heterocycles. The summed E-state index contributed by atoms with van der Waals surface area (Å²) in [5.74, 6) is 0.782. The van der Waals surface area contributed by atoms with Gasteiger partial charge in [-0.3, -0.25) is 0 Å². The third kappa shape index (κ3) is 1.15. The van der Waals surface area contributed by atoms with Crippen molar-refractivity contribution in [2.45, 2.75) is 46.5 Å². The largest absolute Gasteiger partial charge is 0.0884 e. The van der Waals surface area contributed by atoms with Crippen LogP contribution >= 0.6 is 12.2 Å². The van der Waals surface area contributed by atoms with Crippen molar-refractivity contribution in [2.24, 2.45) is 22.2 Å². The fourth-order valence-corrected chi connectivity index (χ4v) is 6.28. The van der Waals surface area contributed by atoms with Crippen LogP contribution in [-0.2, 0) is 12.8 Å². The Morgan fingerprint density at radius 2 is 1.63 bits per heavy atom. The van der Waals surface area contributed by atoms with E-state index in [1.54, 1.807) is 11.1 Å². The maximum absolute atomic E-state index is 6.05. The predicted octanol–water partition coefficient (Wildman–Crippen LogP) is 4.60. The molecule has 3 aliphatic carbocycles. The van der Waals surface area contributed by atoms with E-state index in [0.717, 1.165) is 5.92 Å². The Labute approximate surface area is 121 Å². The molecule has 1 spiro atoms. The van der Waals surface area contributed by atoms with E-state index in [0.29, 0.717) is 10.8 Å². The van der Waals surface area contributed by atoms with E-state index in [1.807, 2.05) is 0 Å². The van der Waals surface area contributed by atoms with Crippen molar-refractivity contribution < 1.29 is 0 Å². The van der Waals surface area contributed by atoms with Crippen LogP contribution in [0.3, 0.4) is 0 Å². The highest BCUT2D eigenvalue weighted by Crippen LogP contribution is 2.73. The van der Waals surface area contributed by atoms with Gasteiger partial charge in [0.25, 0.3) is 0 Å². The van der Waals surface area contributed by atoms with Crippen molar-refractivity contribution in [1.82, 2.24) is 0 Å². The van der Waals surface area contributed by atoms with E-state index in [4.69, 9.17) is 12.2 Å². The van der Waals surface area contributed by atoms with E-state index in [2.05, 4.69) is 45.0 Å². The minimum Gasteiger partial charge on any atom is -0.0884 e. The summed E-state index contributed by atoms with van der Waals surface area (Å²) in [5, 5.41) is 0. The minimum atomic E-state index is 0.287. The van der Waals surface area contributed by atoms with Crippen LogP contribution in [0.5, 0.6) is 0 Å². The van der Waals surface area contributed by atoms with Gasteiger partial charge in [-0.1, -0.05) is 57.3 Å². The van der Waals surface area contributed by atoms with Gasteiger partial charge >= 0.3 is 0 Å². The second-order valence-electron chi connectivity index (χ2n) is 7.75. The third-order valence-electron chi connectivity index (χ3n) is 6.98. The van der Waals surface area contributed by atoms with Crippen LogP contribution < -0.4 is 0 Å². The summed E-state index contributed by atoms with van der Waals surface area (Å²) < 4.78 is 0. The molecule has 1 aromatic carbocycles. The van der Waals surface area contributed by atoms with E-state index < -0.39 is 0 Å². The van der Waals surface area contributed by atoms with Crippen LogP contribution in [0.25, 0.3) is 0 Å². The Kier molecular flexibility index (Phi) is 2.10. The normalized spacial score (nSPS) is 37.0. The summed E-state index contributed by atoms with van der Waals surface area (Å²) in [6.45, 7) is 7.37. The molecular weight excluding hydrogens is 248 g/mol. The number of rotatable bonds is 0. The smallest absolute Gasteiger partial charge is 0.0137 e. The van der Waals surface area contributed by atoms with Crippen molar-refractivity contribution in [3.63, 3.8) is 0 Å². The molecule has 0 heterocycles. The van der Waals surface area contributed by atoms with Crippen molar-refractivity contribution in [3.8, 4) is 0 Å². The van der Waals surface area contributed by atoms with E-state index >= 15 is 0 Å². The fourth-order valence-electron chi connectivity index (χ4n) is 5.63. The lowest BCUT2D eigenvalue weighted by atomic mass is 9.68. The Morgan fingerprint density at radius 1 is 1.05 bits per heavy atom. The maximum atomic E-state index is 6.05. The molecule has 100 valence electrons. The lowest BCUT2D eigenvalue weighted by Crippen LogP contribution is -2.39. The van der Waals surface area contributed by atoms with E-state index in [9.17, 15) is 0 Å². The number of hydrogen-bond donors (Lipinski definition) is 0. The molecule has 0 N–H and O–H groups in total. The zero-order chi connectivity index (χ0) is 13.5. The molecule has 4 rings (SSSR count). The van der Waals surface area contributed by atoms with Gasteiger partial charge in [0, 0.05) is 15.7 Å². The third-order valence-corrected chi connectivity index (χ3v) is 7.83. The van der Waals surface area contributed by atoms with Crippen molar-refractivity contribution in [3.05, 3.63) is 35.4 Å². The monoisotopic (exact) mass is 270 g/mol. The highest BCUT2D eigenvalue weighted by molar-refractivity contribution is 7.80. The van der Waals surface area contributed by atoms with Crippen molar-refractivity contribution in [2.75, 3.05) is 0 Å². The van der Waals surface area contributed by atoms with Crippen LogP contribution in [-0.4, -0.2) is 4.86 Å². The summed E-state index contributed by atoms with van der Waals surface area (Å²) in [7, 11) is 0. The standard InChI is InChI=1S/C18H22S/c1-16(2)14-8-9-17(16,3)15(19)18(14)10-12-6-4-5-7-13(12)11-18/h4-7,14H,8-11H2,1-3H3/t14-,17-/m0/s1. The molecule has 0 unspecified atom stereocenters. The summed E-state index contributed by atoms with van der Waals surface area (Å²) in [5.41, 5.74) is 4.07. The minimum absolute atomic E-state index is 0.287. The first-order chi connectivity index (χ1) is 8.92. The highest BCUT2D eigenvalue weighted by atomic mass is 32.1. The number of fused-ring (bicyclic) bond motifs is 4. The Hall–Kier alpha value is -0.690. The molecular formula is C18H22S. The predicted molar refractivity (Wildman–Crippen MR) is 83.5 cm³/mol. The fraction of sp³-hybridized carbons (Fsp3) is 0.611. The van der Waals surface area contributed by atoms with Crippen LogP contribution in [0.4, 0.5) is 0 Å². The van der Waals surface area contributed by atoms with Gasteiger partial charge in [0.05, 0.1) is 0 Å². The zero-order valence-corrected chi connectivity index (χ0v) is 12.9. The quantitative estimate of drug-likeness (QED) is 0.621. The number of hydrogen-bond acceptors (Lipinski definition) is 1. The van der Waals surface area contributed by atoms with Gasteiger partial charge in [-0.15, -0.1) is 0 Å². The molecule has 0 amide bonds. The number of thiocarbonyl (C=S) groups is 1. The summed E-state index contributed by atoms with van der Waals surface area (Å²) in [6.07, 6.45) is 5.08. The molecule has 1 heteroatoms. The van der Waals surface area contributed by atoms with Gasteiger partial charge in [-0.05, 0) is 48.1 Å². The van der Waals surface area contributed by atoms with Crippen molar-refractivity contribution >= 4 is 17.1 Å². The van der Waals surface area contributed by atoms with Gasteiger partial charge < -0.3 is 0 Å². The zero-order valence-electron chi connectivity index (χ0n) is 12.1. The topological polar surface area (TPSA) is 0 Å². The average Bonchev–Trinajstić information content (AvgIpc) is 2.88.